The van der Waals surface area contributed by atoms with Gasteiger partial charge in [0.15, 0.2) is 12.4 Å². The molecule has 3 N–H and O–H groups in total. The molecular formula is C22H25N3O5. The number of Topliss-reactive ketones (excluding diaryl/α,β-unsaturated/α-hetero) is 1. The van der Waals surface area contributed by atoms with Gasteiger partial charge in [0.05, 0.1) is 5.56 Å². The van der Waals surface area contributed by atoms with E-state index >= 15 is 0 Å². The summed E-state index contributed by atoms with van der Waals surface area (Å²) in [5.41, 5.74) is 2.15. The molecule has 0 aliphatic rings. The van der Waals surface area contributed by atoms with Gasteiger partial charge in [0, 0.05) is 23.8 Å². The maximum Gasteiger partial charge on any atom is 0.338 e. The number of anilines is 1. The van der Waals surface area contributed by atoms with Crippen LogP contribution in [0.1, 0.15) is 47.1 Å². The van der Waals surface area contributed by atoms with Crippen LogP contribution in [0.5, 0.6) is 0 Å². The van der Waals surface area contributed by atoms with Crippen molar-refractivity contribution in [3.8, 4) is 0 Å². The highest BCUT2D eigenvalue weighted by molar-refractivity contribution is 5.97. The Bertz CT molecular complexity index is 905. The minimum Gasteiger partial charge on any atom is -0.452 e. The van der Waals surface area contributed by atoms with Crippen LogP contribution in [0.4, 0.5) is 10.5 Å². The van der Waals surface area contributed by atoms with Gasteiger partial charge >= 0.3 is 12.0 Å². The Kier molecular flexibility index (Phi) is 8.10. The van der Waals surface area contributed by atoms with E-state index in [2.05, 4.69) is 16.0 Å². The molecule has 0 bridgehead atoms. The van der Waals surface area contributed by atoms with E-state index in [1.165, 1.54) is 6.92 Å². The Hall–Kier alpha value is -3.68. The first-order valence-electron chi connectivity index (χ1n) is 9.46. The maximum absolute atomic E-state index is 12.1. The van der Waals surface area contributed by atoms with Gasteiger partial charge in [-0.2, -0.15) is 0 Å². The predicted molar refractivity (Wildman–Crippen MR) is 112 cm³/mol. The fourth-order valence-electron chi connectivity index (χ4n) is 2.45. The molecule has 0 spiro atoms. The van der Waals surface area contributed by atoms with E-state index in [0.717, 1.165) is 5.56 Å². The second kappa shape index (κ2) is 10.8. The Labute approximate surface area is 175 Å². The van der Waals surface area contributed by atoms with Crippen LogP contribution < -0.4 is 16.0 Å². The van der Waals surface area contributed by atoms with E-state index < -0.39 is 18.5 Å². The van der Waals surface area contributed by atoms with Crippen molar-refractivity contribution in [1.29, 1.82) is 0 Å². The molecule has 3 amide bonds. The fraction of sp³-hybridized carbons (Fsp3) is 0.273. The number of esters is 1. The molecule has 2 aromatic rings. The van der Waals surface area contributed by atoms with Crippen molar-refractivity contribution in [3.05, 3.63) is 65.2 Å². The highest BCUT2D eigenvalue weighted by Crippen LogP contribution is 2.10. The summed E-state index contributed by atoms with van der Waals surface area (Å²) in [5.74, 6) is -1.19. The highest BCUT2D eigenvalue weighted by atomic mass is 16.5. The third-order valence-corrected chi connectivity index (χ3v) is 3.97. The summed E-state index contributed by atoms with van der Waals surface area (Å²) in [6, 6.07) is 12.7. The third kappa shape index (κ3) is 7.38. The largest absolute Gasteiger partial charge is 0.452 e. The van der Waals surface area contributed by atoms with Crippen LogP contribution >= 0.6 is 0 Å². The number of rotatable bonds is 8. The van der Waals surface area contributed by atoms with E-state index in [4.69, 9.17) is 4.74 Å². The van der Waals surface area contributed by atoms with Crippen LogP contribution in [0, 0.1) is 0 Å². The van der Waals surface area contributed by atoms with Crippen LogP contribution in [-0.2, 0) is 16.1 Å². The molecule has 0 saturated heterocycles. The molecule has 0 saturated carbocycles. The van der Waals surface area contributed by atoms with Gasteiger partial charge in [-0.05, 0) is 62.7 Å². The van der Waals surface area contributed by atoms with Crippen molar-refractivity contribution < 1.29 is 23.9 Å². The standard InChI is InChI=1S/C22H25N3O5/c1-14(2)24-22(29)23-12-16-4-6-18(7-5-16)21(28)30-13-20(27)25-19-10-8-17(9-11-19)15(3)26/h4-11,14H,12-13H2,1-3H3,(H,25,27)(H2,23,24,29). The highest BCUT2D eigenvalue weighted by Gasteiger charge is 2.11. The number of hydrogen-bond donors (Lipinski definition) is 3. The lowest BCUT2D eigenvalue weighted by Crippen LogP contribution is -2.39. The number of amides is 3. The van der Waals surface area contributed by atoms with Crippen molar-refractivity contribution in [2.75, 3.05) is 11.9 Å². The molecule has 0 aromatic heterocycles. The van der Waals surface area contributed by atoms with Gasteiger partial charge in [-0.15, -0.1) is 0 Å². The van der Waals surface area contributed by atoms with E-state index in [-0.39, 0.29) is 17.9 Å². The number of ether oxygens (including phenoxy) is 1. The normalized spacial score (nSPS) is 10.3. The monoisotopic (exact) mass is 411 g/mol. The van der Waals surface area contributed by atoms with Gasteiger partial charge in [0.25, 0.3) is 5.91 Å². The van der Waals surface area contributed by atoms with Gasteiger partial charge in [-0.3, -0.25) is 9.59 Å². The van der Waals surface area contributed by atoms with E-state index in [0.29, 0.717) is 23.4 Å². The molecule has 2 aromatic carbocycles. The number of benzene rings is 2. The first-order chi connectivity index (χ1) is 14.2. The van der Waals surface area contributed by atoms with Crippen molar-refractivity contribution in [1.82, 2.24) is 10.6 Å². The Morgan fingerprint density at radius 1 is 0.900 bits per heavy atom. The zero-order chi connectivity index (χ0) is 22.1. The van der Waals surface area contributed by atoms with Crippen LogP contribution in [0.2, 0.25) is 0 Å². The molecular weight excluding hydrogens is 386 g/mol. The molecule has 8 nitrogen and oxygen atoms in total. The molecule has 0 atom stereocenters. The maximum atomic E-state index is 12.1. The predicted octanol–water partition coefficient (Wildman–Crippen LogP) is 2.89. The molecule has 0 aliphatic carbocycles. The summed E-state index contributed by atoms with van der Waals surface area (Å²) in [4.78, 5) is 46.9. The van der Waals surface area contributed by atoms with Crippen LogP contribution in [-0.4, -0.2) is 36.3 Å². The van der Waals surface area contributed by atoms with Gasteiger partial charge < -0.3 is 20.7 Å². The lowest BCUT2D eigenvalue weighted by atomic mass is 10.1. The minimum atomic E-state index is -0.630. The van der Waals surface area contributed by atoms with Crippen LogP contribution in [0.15, 0.2) is 48.5 Å². The smallest absolute Gasteiger partial charge is 0.338 e. The average Bonchev–Trinajstić information content (AvgIpc) is 2.71. The Morgan fingerprint density at radius 2 is 1.50 bits per heavy atom. The molecule has 2 rings (SSSR count). The number of carbonyl (C=O) groups is 4. The van der Waals surface area contributed by atoms with Crippen molar-refractivity contribution in [2.24, 2.45) is 0 Å². The number of hydrogen-bond acceptors (Lipinski definition) is 5. The topological polar surface area (TPSA) is 114 Å². The number of carbonyl (C=O) groups excluding carboxylic acids is 4. The van der Waals surface area contributed by atoms with E-state index in [9.17, 15) is 19.2 Å². The fourth-order valence-corrected chi connectivity index (χ4v) is 2.45. The molecule has 158 valence electrons. The van der Waals surface area contributed by atoms with Gasteiger partial charge in [0.1, 0.15) is 0 Å². The van der Waals surface area contributed by atoms with E-state index in [1.807, 2.05) is 13.8 Å². The summed E-state index contributed by atoms with van der Waals surface area (Å²) in [7, 11) is 0. The minimum absolute atomic E-state index is 0.0410. The molecule has 8 heteroatoms. The Balaban J connectivity index is 1.79. The quantitative estimate of drug-likeness (QED) is 0.457. The first-order valence-corrected chi connectivity index (χ1v) is 9.46. The van der Waals surface area contributed by atoms with Crippen LogP contribution in [0.3, 0.4) is 0 Å². The second-order valence-electron chi connectivity index (χ2n) is 6.94. The number of nitrogens with one attached hydrogen (secondary N) is 3. The summed E-state index contributed by atoms with van der Waals surface area (Å²) >= 11 is 0. The SMILES string of the molecule is CC(=O)c1ccc(NC(=O)COC(=O)c2ccc(CNC(=O)NC(C)C)cc2)cc1. The number of ketones is 1. The first kappa shape index (κ1) is 22.6. The molecule has 0 unspecified atom stereocenters. The zero-order valence-corrected chi connectivity index (χ0v) is 17.2. The van der Waals surface area contributed by atoms with Crippen LogP contribution in [0.25, 0.3) is 0 Å². The van der Waals surface area contributed by atoms with Crippen molar-refractivity contribution >= 4 is 29.4 Å². The second-order valence-corrected chi connectivity index (χ2v) is 6.94. The summed E-state index contributed by atoms with van der Waals surface area (Å²) in [5, 5.41) is 8.02. The summed E-state index contributed by atoms with van der Waals surface area (Å²) in [6.07, 6.45) is 0. The molecule has 30 heavy (non-hydrogen) atoms. The average molecular weight is 411 g/mol. The molecule has 0 aliphatic heterocycles. The summed E-state index contributed by atoms with van der Waals surface area (Å²) < 4.78 is 5.02. The molecule has 0 fully saturated rings. The molecule has 0 radical (unpaired) electrons. The third-order valence-electron chi connectivity index (χ3n) is 3.97. The van der Waals surface area contributed by atoms with E-state index in [1.54, 1.807) is 48.5 Å². The van der Waals surface area contributed by atoms with Gasteiger partial charge in [0.2, 0.25) is 0 Å². The summed E-state index contributed by atoms with van der Waals surface area (Å²) in [6.45, 7) is 5.07. The lowest BCUT2D eigenvalue weighted by Gasteiger charge is -2.10. The number of urea groups is 1. The van der Waals surface area contributed by atoms with Crippen molar-refractivity contribution in [2.45, 2.75) is 33.4 Å². The van der Waals surface area contributed by atoms with Gasteiger partial charge in [-0.25, -0.2) is 9.59 Å². The lowest BCUT2D eigenvalue weighted by molar-refractivity contribution is -0.119. The Morgan fingerprint density at radius 3 is 2.07 bits per heavy atom. The van der Waals surface area contributed by atoms with Gasteiger partial charge in [-0.1, -0.05) is 12.1 Å². The molecule has 0 heterocycles. The van der Waals surface area contributed by atoms with Crippen molar-refractivity contribution in [3.63, 3.8) is 0 Å². The zero-order valence-electron chi connectivity index (χ0n) is 17.2.